The standard InChI is InChI=1S/C48H32N4O2S2/c1-51-36(25-49)39-29-13-5-7-15-31(29)43(53)33(39)21-27-22-38-41(47(27)17-9-3-10-18-47)42-46(56-38)45-35(48(42)19-11-4-12-20-48)24-28(55-45)23-34-40(37(26-50)52-2)30-14-6-8-16-32(30)44(34)54/h5-8,13-16,21-24H,3-4,9-12,17-20H2/b33-21-,34-23-,39-36-,40-37+. The van der Waals surface area contributed by atoms with E-state index in [1.54, 1.807) is 23.5 Å². The number of carbonyl (C=O) groups is 2. The molecule has 0 aliphatic heterocycles. The summed E-state index contributed by atoms with van der Waals surface area (Å²) in [6.07, 6.45) is 17.1. The average molecular weight is 761 g/mol. The maximum atomic E-state index is 14.1. The molecule has 2 aromatic heterocycles. The van der Waals surface area contributed by atoms with E-state index < -0.39 is 0 Å². The van der Waals surface area contributed by atoms with Gasteiger partial charge in [-0.3, -0.25) is 9.59 Å². The summed E-state index contributed by atoms with van der Waals surface area (Å²) in [6, 6.07) is 21.0. The summed E-state index contributed by atoms with van der Waals surface area (Å²) < 4.78 is 0. The van der Waals surface area contributed by atoms with Crippen molar-refractivity contribution in [3.63, 3.8) is 0 Å². The van der Waals surface area contributed by atoms with Crippen molar-refractivity contribution in [1.29, 1.82) is 10.5 Å². The van der Waals surface area contributed by atoms with Crippen LogP contribution in [0.25, 0.3) is 42.7 Å². The molecule has 2 heterocycles. The Labute approximate surface area is 333 Å². The molecular formula is C48H32N4O2S2. The fraction of sp³-hybridized carbons (Fsp3) is 0.250. The quantitative estimate of drug-likeness (QED) is 0.116. The lowest BCUT2D eigenvalue weighted by Gasteiger charge is -2.42. The van der Waals surface area contributed by atoms with Crippen LogP contribution in [0.2, 0.25) is 0 Å². The van der Waals surface area contributed by atoms with Crippen LogP contribution in [-0.4, -0.2) is 11.6 Å². The normalized spacial score (nSPS) is 22.5. The van der Waals surface area contributed by atoms with E-state index >= 15 is 0 Å². The number of benzene rings is 2. The Morgan fingerprint density at radius 3 is 1.71 bits per heavy atom. The van der Waals surface area contributed by atoms with Gasteiger partial charge in [-0.15, -0.1) is 22.7 Å². The summed E-state index contributed by atoms with van der Waals surface area (Å²) in [4.78, 5) is 39.8. The zero-order valence-electron chi connectivity index (χ0n) is 30.4. The molecule has 6 nitrogen and oxygen atoms in total. The smallest absolute Gasteiger partial charge is 0.270 e. The van der Waals surface area contributed by atoms with Gasteiger partial charge in [0, 0.05) is 63.8 Å². The second-order valence-corrected chi connectivity index (χ2v) is 17.7. The van der Waals surface area contributed by atoms with E-state index in [1.165, 1.54) is 37.7 Å². The third-order valence-electron chi connectivity index (χ3n) is 13.0. The number of carbonyl (C=O) groups excluding carboxylic acids is 2. The van der Waals surface area contributed by atoms with Crippen molar-refractivity contribution < 1.29 is 9.59 Å². The predicted molar refractivity (Wildman–Crippen MR) is 220 cm³/mol. The van der Waals surface area contributed by atoms with Gasteiger partial charge < -0.3 is 0 Å². The van der Waals surface area contributed by atoms with Crippen molar-refractivity contribution in [2.24, 2.45) is 0 Å². The maximum absolute atomic E-state index is 14.1. The number of nitriles is 2. The van der Waals surface area contributed by atoms with Gasteiger partial charge >= 0.3 is 0 Å². The van der Waals surface area contributed by atoms with Gasteiger partial charge in [0.2, 0.25) is 0 Å². The fourth-order valence-electron chi connectivity index (χ4n) is 10.7. The van der Waals surface area contributed by atoms with Crippen LogP contribution in [-0.2, 0) is 10.8 Å². The Hall–Kier alpha value is -6.16. The average Bonchev–Trinajstić information content (AvgIpc) is 4.05. The summed E-state index contributed by atoms with van der Waals surface area (Å²) in [5, 5.41) is 20.0. The van der Waals surface area contributed by atoms with Crippen molar-refractivity contribution in [2.45, 2.75) is 75.0 Å². The van der Waals surface area contributed by atoms with Crippen LogP contribution in [0.15, 0.2) is 88.8 Å². The zero-order chi connectivity index (χ0) is 38.3. The van der Waals surface area contributed by atoms with E-state index in [2.05, 4.69) is 27.9 Å². The molecule has 0 atom stereocenters. The molecule has 0 N–H and O–H groups in total. The van der Waals surface area contributed by atoms with Gasteiger partial charge in [-0.1, -0.05) is 87.1 Å². The molecule has 0 saturated heterocycles. The van der Waals surface area contributed by atoms with E-state index in [-0.39, 0.29) is 33.8 Å². The Bertz CT molecular complexity index is 2810. The number of ketones is 2. The highest BCUT2D eigenvalue weighted by molar-refractivity contribution is 7.23. The van der Waals surface area contributed by atoms with Crippen molar-refractivity contribution in [1.82, 2.24) is 0 Å². The fourth-order valence-corrected chi connectivity index (χ4v) is 13.5. The first kappa shape index (κ1) is 34.3. The van der Waals surface area contributed by atoms with Crippen LogP contribution >= 0.6 is 22.7 Å². The van der Waals surface area contributed by atoms with Crippen LogP contribution in [0.1, 0.15) is 122 Å². The minimum atomic E-state index is -0.270. The third-order valence-corrected chi connectivity index (χ3v) is 15.4. The van der Waals surface area contributed by atoms with Gasteiger partial charge in [-0.25, -0.2) is 20.2 Å². The van der Waals surface area contributed by atoms with Gasteiger partial charge in [-0.2, -0.15) is 0 Å². The van der Waals surface area contributed by atoms with E-state index in [0.717, 1.165) is 68.2 Å². The minimum Gasteiger partial charge on any atom is -0.289 e. The number of hydrogen-bond acceptors (Lipinski definition) is 6. The second-order valence-electron chi connectivity index (χ2n) is 15.6. The first-order chi connectivity index (χ1) is 27.4. The number of rotatable bonds is 2. The summed E-state index contributed by atoms with van der Waals surface area (Å²) in [5.74, 6) is -0.290. The molecule has 2 aromatic carbocycles. The number of fused-ring (bicyclic) bond motifs is 10. The van der Waals surface area contributed by atoms with Gasteiger partial charge in [0.25, 0.3) is 11.4 Å². The number of Topliss-reactive ketones (excluding diaryl/α,β-unsaturated/α-hetero) is 2. The largest absolute Gasteiger partial charge is 0.289 e. The number of thiophene rings is 2. The molecule has 268 valence electrons. The summed E-state index contributed by atoms with van der Waals surface area (Å²) in [7, 11) is 0. The van der Waals surface area contributed by atoms with Crippen LogP contribution in [0.3, 0.4) is 0 Å². The first-order valence-electron chi connectivity index (χ1n) is 19.2. The van der Waals surface area contributed by atoms with Gasteiger partial charge in [0.1, 0.15) is 0 Å². The van der Waals surface area contributed by atoms with E-state index in [0.29, 0.717) is 44.5 Å². The van der Waals surface area contributed by atoms with E-state index in [1.807, 2.05) is 66.0 Å². The molecule has 56 heavy (non-hydrogen) atoms. The predicted octanol–water partition coefficient (Wildman–Crippen LogP) is 12.0. The van der Waals surface area contributed by atoms with Crippen molar-refractivity contribution in [3.05, 3.63) is 160 Å². The number of nitrogens with zero attached hydrogens (tertiary/aromatic N) is 4. The highest BCUT2D eigenvalue weighted by Crippen LogP contribution is 2.67. The highest BCUT2D eigenvalue weighted by Gasteiger charge is 2.54. The third kappa shape index (κ3) is 4.55. The summed E-state index contributed by atoms with van der Waals surface area (Å²) in [5.41, 5.74) is 8.85. The van der Waals surface area contributed by atoms with Crippen LogP contribution in [0.4, 0.5) is 0 Å². The lowest BCUT2D eigenvalue weighted by Crippen LogP contribution is -2.35. The molecule has 10 rings (SSSR count). The first-order valence-corrected chi connectivity index (χ1v) is 20.8. The van der Waals surface area contributed by atoms with E-state index in [9.17, 15) is 20.1 Å². The topological polar surface area (TPSA) is 90.4 Å². The summed E-state index contributed by atoms with van der Waals surface area (Å²) in [6.45, 7) is 15.6. The van der Waals surface area contributed by atoms with Crippen molar-refractivity contribution in [3.8, 4) is 21.9 Å². The lowest BCUT2D eigenvalue weighted by molar-refractivity contribution is 0.103. The van der Waals surface area contributed by atoms with Crippen LogP contribution in [0.5, 0.6) is 0 Å². The molecular weight excluding hydrogens is 729 g/mol. The number of allylic oxidation sites excluding steroid dienone is 8. The highest BCUT2D eigenvalue weighted by atomic mass is 32.1. The lowest BCUT2D eigenvalue weighted by atomic mass is 9.61. The van der Waals surface area contributed by atoms with Crippen LogP contribution < -0.4 is 0 Å². The van der Waals surface area contributed by atoms with Gasteiger partial charge in [-0.05, 0) is 83.4 Å². The molecule has 2 saturated carbocycles. The Morgan fingerprint density at radius 2 is 1.18 bits per heavy atom. The SMILES string of the molecule is [C-]#[N+]/C(C#N)=C1\C(=C\C2=Cc3sc4c(c3C23CCCCC3)C2(CCCCC2)c2cc(/C=C3\C(=O)c5ccccc5\C3=C(\C#N)[N+]#[C-])sc2-4)C(=O)c2ccccc21. The molecule has 2 fully saturated rings. The molecule has 6 aliphatic rings. The molecule has 8 heteroatoms. The number of hydrogen-bond donors (Lipinski definition) is 0. The minimum absolute atomic E-state index is 0.0541. The molecule has 2 spiro atoms. The maximum Gasteiger partial charge on any atom is 0.270 e. The van der Waals surface area contributed by atoms with Gasteiger partial charge in [0.05, 0.1) is 25.3 Å². The van der Waals surface area contributed by atoms with Crippen molar-refractivity contribution in [2.75, 3.05) is 0 Å². The Morgan fingerprint density at radius 1 is 0.661 bits per heavy atom. The zero-order valence-corrected chi connectivity index (χ0v) is 32.1. The molecule has 0 amide bonds. The van der Waals surface area contributed by atoms with Gasteiger partial charge in [0.15, 0.2) is 11.6 Å². The molecule has 0 unspecified atom stereocenters. The molecule has 4 aromatic rings. The summed E-state index contributed by atoms with van der Waals surface area (Å²) >= 11 is 3.55. The van der Waals surface area contributed by atoms with Crippen molar-refractivity contribution >= 4 is 57.5 Å². The molecule has 0 radical (unpaired) electrons. The molecule has 6 aliphatic carbocycles. The van der Waals surface area contributed by atoms with E-state index in [4.69, 9.17) is 13.1 Å². The Balaban J connectivity index is 1.15. The van der Waals surface area contributed by atoms with Crippen LogP contribution in [0, 0.1) is 35.8 Å². The monoisotopic (exact) mass is 760 g/mol. The second kappa shape index (κ2) is 12.7. The molecule has 0 bridgehead atoms. The Kier molecular flexibility index (Phi) is 7.78.